The fourth-order valence-corrected chi connectivity index (χ4v) is 3.69. The van der Waals surface area contributed by atoms with Crippen LogP contribution in [0.15, 0.2) is 53.4 Å². The topological polar surface area (TPSA) is 46.6 Å². The van der Waals surface area contributed by atoms with E-state index in [1.165, 1.54) is 11.4 Å². The Morgan fingerprint density at radius 3 is 2.30 bits per heavy atom. The Labute approximate surface area is 138 Å². The summed E-state index contributed by atoms with van der Waals surface area (Å²) < 4.78 is 32.5. The summed E-state index contributed by atoms with van der Waals surface area (Å²) in [5.41, 5.74) is 1.91. The summed E-state index contributed by atoms with van der Waals surface area (Å²) in [5.74, 6) is 0.614. The van der Waals surface area contributed by atoms with Crippen LogP contribution in [0, 0.1) is 0 Å². The Hall–Kier alpha value is -1.85. The average Bonchev–Trinajstić information content (AvgIpc) is 2.55. The van der Waals surface area contributed by atoms with Crippen LogP contribution >= 0.6 is 0 Å². The van der Waals surface area contributed by atoms with Gasteiger partial charge in [-0.2, -0.15) is 4.31 Å². The van der Waals surface area contributed by atoms with Gasteiger partial charge >= 0.3 is 0 Å². The molecule has 0 unspecified atom stereocenters. The third-order valence-corrected chi connectivity index (χ3v) is 5.62. The van der Waals surface area contributed by atoms with Gasteiger partial charge in [-0.25, -0.2) is 8.42 Å². The monoisotopic (exact) mass is 333 g/mol. The third kappa shape index (κ3) is 3.92. The van der Waals surface area contributed by atoms with Crippen LogP contribution in [0.2, 0.25) is 0 Å². The van der Waals surface area contributed by atoms with Crippen molar-refractivity contribution in [1.29, 1.82) is 0 Å². The predicted octanol–water partition coefficient (Wildman–Crippen LogP) is 3.64. The lowest BCUT2D eigenvalue weighted by atomic mass is 10.0. The van der Waals surface area contributed by atoms with Crippen molar-refractivity contribution in [3.8, 4) is 5.75 Å². The van der Waals surface area contributed by atoms with Crippen molar-refractivity contribution >= 4 is 10.0 Å². The molecular formula is C18H23NO3S. The van der Waals surface area contributed by atoms with Gasteiger partial charge in [0.05, 0.1) is 7.11 Å². The van der Waals surface area contributed by atoms with Gasteiger partial charge < -0.3 is 4.74 Å². The van der Waals surface area contributed by atoms with Crippen LogP contribution in [0.25, 0.3) is 0 Å². The summed E-state index contributed by atoms with van der Waals surface area (Å²) in [6.07, 6.45) is 0. The standard InChI is InChI=1S/C18H23NO3S/c1-14(2)16-10-11-17(22-4)18(12-16)23(20,21)19(3)13-15-8-6-5-7-9-15/h5-12,14H,13H2,1-4H3. The molecule has 0 atom stereocenters. The maximum atomic E-state index is 12.9. The van der Waals surface area contributed by atoms with E-state index in [-0.39, 0.29) is 10.8 Å². The zero-order valence-corrected chi connectivity index (χ0v) is 14.8. The molecule has 0 radical (unpaired) electrons. The van der Waals surface area contributed by atoms with Crippen molar-refractivity contribution in [1.82, 2.24) is 4.31 Å². The lowest BCUT2D eigenvalue weighted by Crippen LogP contribution is -2.27. The van der Waals surface area contributed by atoms with E-state index < -0.39 is 10.0 Å². The number of nitrogens with zero attached hydrogens (tertiary/aromatic N) is 1. The zero-order chi connectivity index (χ0) is 17.0. The molecule has 2 rings (SSSR count). The smallest absolute Gasteiger partial charge is 0.246 e. The van der Waals surface area contributed by atoms with Gasteiger partial charge in [0.2, 0.25) is 10.0 Å². The van der Waals surface area contributed by atoms with Gasteiger partial charge in [0.1, 0.15) is 10.6 Å². The highest BCUT2D eigenvalue weighted by atomic mass is 32.2. The molecule has 0 saturated heterocycles. The molecule has 0 heterocycles. The fraction of sp³-hybridized carbons (Fsp3) is 0.333. The Kier molecular flexibility index (Phi) is 5.44. The van der Waals surface area contributed by atoms with E-state index in [9.17, 15) is 8.42 Å². The molecule has 2 aromatic rings. The van der Waals surface area contributed by atoms with E-state index >= 15 is 0 Å². The first-order valence-corrected chi connectivity index (χ1v) is 8.98. The van der Waals surface area contributed by atoms with E-state index in [4.69, 9.17) is 4.74 Å². The lowest BCUT2D eigenvalue weighted by molar-refractivity contribution is 0.397. The minimum absolute atomic E-state index is 0.213. The molecule has 23 heavy (non-hydrogen) atoms. The molecule has 0 aliphatic heterocycles. The molecule has 0 aliphatic carbocycles. The van der Waals surface area contributed by atoms with Gasteiger partial charge in [0, 0.05) is 13.6 Å². The molecule has 0 bridgehead atoms. The number of hydrogen-bond donors (Lipinski definition) is 0. The Morgan fingerprint density at radius 2 is 1.74 bits per heavy atom. The minimum Gasteiger partial charge on any atom is -0.495 e. The number of hydrogen-bond acceptors (Lipinski definition) is 3. The SMILES string of the molecule is COc1ccc(C(C)C)cc1S(=O)(=O)N(C)Cc1ccccc1. The number of sulfonamides is 1. The van der Waals surface area contributed by atoms with Gasteiger partial charge in [-0.15, -0.1) is 0 Å². The molecule has 0 spiro atoms. The molecule has 0 amide bonds. The van der Waals surface area contributed by atoms with Gasteiger partial charge in [-0.1, -0.05) is 50.2 Å². The maximum absolute atomic E-state index is 12.9. The van der Waals surface area contributed by atoms with Crippen molar-refractivity contribution in [2.24, 2.45) is 0 Å². The summed E-state index contributed by atoms with van der Waals surface area (Å²) >= 11 is 0. The number of benzene rings is 2. The first kappa shape index (κ1) is 17.5. The second kappa shape index (κ2) is 7.15. The Balaban J connectivity index is 2.40. The summed E-state index contributed by atoms with van der Waals surface area (Å²) in [4.78, 5) is 0.213. The summed E-state index contributed by atoms with van der Waals surface area (Å²) in [6, 6.07) is 14.9. The van der Waals surface area contributed by atoms with E-state index in [1.54, 1.807) is 19.2 Å². The van der Waals surface area contributed by atoms with E-state index in [0.29, 0.717) is 12.3 Å². The van der Waals surface area contributed by atoms with Crippen molar-refractivity contribution in [2.75, 3.05) is 14.2 Å². The quantitative estimate of drug-likeness (QED) is 0.811. The van der Waals surface area contributed by atoms with Crippen LogP contribution in [0.5, 0.6) is 5.75 Å². The van der Waals surface area contributed by atoms with Crippen LogP contribution in [-0.4, -0.2) is 26.9 Å². The zero-order valence-electron chi connectivity index (χ0n) is 14.0. The van der Waals surface area contributed by atoms with Gasteiger partial charge in [0.25, 0.3) is 0 Å². The van der Waals surface area contributed by atoms with E-state index in [0.717, 1.165) is 11.1 Å². The van der Waals surface area contributed by atoms with Gasteiger partial charge in [-0.3, -0.25) is 0 Å². The molecule has 0 N–H and O–H groups in total. The molecule has 124 valence electrons. The molecule has 2 aromatic carbocycles. The van der Waals surface area contributed by atoms with Crippen LogP contribution in [-0.2, 0) is 16.6 Å². The molecule has 0 aromatic heterocycles. The molecule has 0 saturated carbocycles. The van der Waals surface area contributed by atoms with Crippen LogP contribution in [0.4, 0.5) is 0 Å². The third-order valence-electron chi connectivity index (χ3n) is 3.79. The molecule has 0 aliphatic rings. The van der Waals surface area contributed by atoms with Crippen molar-refractivity contribution in [2.45, 2.75) is 31.2 Å². The second-order valence-corrected chi connectivity index (χ2v) is 7.82. The molecule has 4 nitrogen and oxygen atoms in total. The first-order chi connectivity index (χ1) is 10.9. The van der Waals surface area contributed by atoms with Crippen LogP contribution < -0.4 is 4.74 Å². The number of methoxy groups -OCH3 is 1. The van der Waals surface area contributed by atoms with Crippen molar-refractivity contribution in [3.63, 3.8) is 0 Å². The minimum atomic E-state index is -3.63. The highest BCUT2D eigenvalue weighted by Crippen LogP contribution is 2.30. The van der Waals surface area contributed by atoms with E-state index in [2.05, 4.69) is 0 Å². The predicted molar refractivity (Wildman–Crippen MR) is 92.2 cm³/mol. The van der Waals surface area contributed by atoms with Gasteiger partial charge in [-0.05, 0) is 29.2 Å². The first-order valence-electron chi connectivity index (χ1n) is 7.54. The molecule has 0 fully saturated rings. The van der Waals surface area contributed by atoms with E-state index in [1.807, 2.05) is 50.2 Å². The average molecular weight is 333 g/mol. The highest BCUT2D eigenvalue weighted by Gasteiger charge is 2.25. The summed E-state index contributed by atoms with van der Waals surface area (Å²) in [6.45, 7) is 4.38. The number of ether oxygens (including phenoxy) is 1. The summed E-state index contributed by atoms with van der Waals surface area (Å²) in [7, 11) is -0.554. The maximum Gasteiger partial charge on any atom is 0.246 e. The Bertz CT molecular complexity index is 755. The lowest BCUT2D eigenvalue weighted by Gasteiger charge is -2.20. The fourth-order valence-electron chi connectivity index (χ4n) is 2.35. The highest BCUT2D eigenvalue weighted by molar-refractivity contribution is 7.89. The van der Waals surface area contributed by atoms with Crippen LogP contribution in [0.1, 0.15) is 30.9 Å². The largest absolute Gasteiger partial charge is 0.495 e. The Morgan fingerprint density at radius 1 is 1.09 bits per heavy atom. The van der Waals surface area contributed by atoms with Gasteiger partial charge in [0.15, 0.2) is 0 Å². The normalized spacial score (nSPS) is 11.9. The van der Waals surface area contributed by atoms with Crippen molar-refractivity contribution in [3.05, 3.63) is 59.7 Å². The molecule has 5 heteroatoms. The molecular weight excluding hydrogens is 310 g/mol. The number of rotatable bonds is 6. The van der Waals surface area contributed by atoms with Crippen molar-refractivity contribution < 1.29 is 13.2 Å². The second-order valence-electron chi connectivity index (χ2n) is 5.81. The summed E-state index contributed by atoms with van der Waals surface area (Å²) in [5, 5.41) is 0. The van der Waals surface area contributed by atoms with Crippen LogP contribution in [0.3, 0.4) is 0 Å².